The fourth-order valence-electron chi connectivity index (χ4n) is 5.48. The fourth-order valence-corrected chi connectivity index (χ4v) is 7.79. The molecule has 0 fully saturated rings. The number of rotatable bonds is 7. The Balaban J connectivity index is 1.78. The van der Waals surface area contributed by atoms with Crippen molar-refractivity contribution < 1.29 is 8.78 Å². The molecule has 0 aliphatic carbocycles. The first-order valence-corrected chi connectivity index (χ1v) is 16.1. The van der Waals surface area contributed by atoms with Gasteiger partial charge in [-0.25, -0.2) is 13.8 Å². The van der Waals surface area contributed by atoms with Crippen molar-refractivity contribution in [2.75, 3.05) is 11.6 Å². The number of hydrogen-bond donors (Lipinski definition) is 1. The average Bonchev–Trinajstić information content (AvgIpc) is 3.56. The van der Waals surface area contributed by atoms with Crippen molar-refractivity contribution in [3.05, 3.63) is 111 Å². The van der Waals surface area contributed by atoms with E-state index in [0.717, 1.165) is 28.3 Å². The summed E-state index contributed by atoms with van der Waals surface area (Å²) in [6.07, 6.45) is 0.617. The van der Waals surface area contributed by atoms with Crippen LogP contribution in [0.1, 0.15) is 86.7 Å². The highest BCUT2D eigenvalue weighted by molar-refractivity contribution is 8.15. The van der Waals surface area contributed by atoms with Gasteiger partial charge in [-0.05, 0) is 71.2 Å². The summed E-state index contributed by atoms with van der Waals surface area (Å²) in [4.78, 5) is -0.918. The maximum atomic E-state index is 15.3. The van der Waals surface area contributed by atoms with Crippen LogP contribution in [0.4, 0.5) is 13.9 Å². The minimum Gasteiger partial charge on any atom is -0.330 e. The molecule has 2 atom stereocenters. The van der Waals surface area contributed by atoms with Crippen molar-refractivity contribution in [2.45, 2.75) is 76.5 Å². The van der Waals surface area contributed by atoms with E-state index in [1.165, 1.54) is 40.3 Å². The van der Waals surface area contributed by atoms with Crippen molar-refractivity contribution in [3.8, 4) is 0 Å². The molecular formula is C34H39F2N5S2. The molecule has 0 bridgehead atoms. The lowest BCUT2D eigenvalue weighted by Gasteiger charge is -2.42. The zero-order valence-corrected chi connectivity index (χ0v) is 27.4. The van der Waals surface area contributed by atoms with E-state index < -0.39 is 16.5 Å². The maximum Gasteiger partial charge on any atom is 0.230 e. The van der Waals surface area contributed by atoms with Crippen LogP contribution in [0.25, 0.3) is 0 Å². The van der Waals surface area contributed by atoms with Crippen molar-refractivity contribution in [3.63, 3.8) is 0 Å². The Kier molecular flexibility index (Phi) is 8.55. The van der Waals surface area contributed by atoms with Crippen LogP contribution in [0.2, 0.25) is 0 Å². The number of nitrogens with two attached hydrogens (primary N) is 1. The van der Waals surface area contributed by atoms with Gasteiger partial charge in [0.05, 0.1) is 0 Å². The Labute approximate surface area is 261 Å². The first-order chi connectivity index (χ1) is 20.2. The van der Waals surface area contributed by atoms with Gasteiger partial charge in [0.2, 0.25) is 5.13 Å². The van der Waals surface area contributed by atoms with Gasteiger partial charge in [-0.2, -0.15) is 5.10 Å². The van der Waals surface area contributed by atoms with Gasteiger partial charge in [-0.15, -0.1) is 10.2 Å². The molecule has 9 heteroatoms. The van der Waals surface area contributed by atoms with E-state index in [1.54, 1.807) is 0 Å². The maximum absolute atomic E-state index is 15.3. The quantitative estimate of drug-likeness (QED) is 0.224. The van der Waals surface area contributed by atoms with Gasteiger partial charge in [-0.3, -0.25) is 0 Å². The Morgan fingerprint density at radius 2 is 1.47 bits per heavy atom. The molecular weight excluding hydrogens is 581 g/mol. The summed E-state index contributed by atoms with van der Waals surface area (Å²) in [7, 11) is 0. The molecule has 4 aromatic rings. The molecule has 0 radical (unpaired) electrons. The number of benzene rings is 3. The molecule has 2 heterocycles. The molecule has 0 saturated carbocycles. The first-order valence-electron chi connectivity index (χ1n) is 14.5. The van der Waals surface area contributed by atoms with Gasteiger partial charge in [0.15, 0.2) is 0 Å². The highest BCUT2D eigenvalue weighted by atomic mass is 32.2. The molecule has 2 N–H and O–H groups in total. The second-order valence-corrected chi connectivity index (χ2v) is 15.4. The molecule has 1 aromatic heterocycles. The van der Waals surface area contributed by atoms with Crippen molar-refractivity contribution in [1.82, 2.24) is 10.2 Å². The van der Waals surface area contributed by atoms with Gasteiger partial charge in [-0.1, -0.05) is 113 Å². The topological polar surface area (TPSA) is 67.4 Å². The number of aryl methyl sites for hydroxylation is 1. The molecule has 0 amide bonds. The highest BCUT2D eigenvalue weighted by Crippen LogP contribution is 2.58. The Morgan fingerprint density at radius 1 is 0.860 bits per heavy atom. The Morgan fingerprint density at radius 3 is 2.00 bits per heavy atom. The van der Waals surface area contributed by atoms with Gasteiger partial charge in [0.25, 0.3) is 0 Å². The molecule has 5 rings (SSSR count). The molecule has 1 aliphatic rings. The number of hydrazone groups is 1. The monoisotopic (exact) mass is 619 g/mol. The lowest BCUT2D eigenvalue weighted by Crippen LogP contribution is -2.44. The molecule has 0 saturated heterocycles. The van der Waals surface area contributed by atoms with E-state index in [0.29, 0.717) is 23.1 Å². The predicted octanol–water partition coefficient (Wildman–Crippen LogP) is 8.62. The zero-order chi connectivity index (χ0) is 31.2. The standard InChI is InChI=1S/C34H39F2N5S2/c1-21-38-39-31(42-21)41-34(25-14-12-24(13-15-25)33(5,6)7,43-30(40-41)27-20-26(35)16-17-29(27)36)28(18-19-37)22-8-10-23(11-9-22)32(2,3)4/h8-17,20,28H,18-19,37H2,1-7H3. The molecule has 2 unspecified atom stereocenters. The van der Waals surface area contributed by atoms with Crippen LogP contribution in [0, 0.1) is 18.6 Å². The largest absolute Gasteiger partial charge is 0.330 e. The third-order valence-corrected chi connectivity index (χ3v) is 10.2. The third kappa shape index (κ3) is 6.12. The van der Waals surface area contributed by atoms with Crippen LogP contribution in [0.5, 0.6) is 0 Å². The van der Waals surface area contributed by atoms with Crippen LogP contribution >= 0.6 is 23.1 Å². The highest BCUT2D eigenvalue weighted by Gasteiger charge is 2.54. The summed E-state index contributed by atoms with van der Waals surface area (Å²) >= 11 is 2.83. The first kappa shape index (κ1) is 31.3. The molecule has 3 aromatic carbocycles. The average molecular weight is 620 g/mol. The number of anilines is 1. The smallest absolute Gasteiger partial charge is 0.230 e. The fraction of sp³-hybridized carbons (Fsp3) is 0.382. The number of thioether (sulfide) groups is 1. The van der Waals surface area contributed by atoms with E-state index in [9.17, 15) is 4.39 Å². The summed E-state index contributed by atoms with van der Waals surface area (Å²) in [6, 6.07) is 20.7. The van der Waals surface area contributed by atoms with Crippen molar-refractivity contribution in [1.29, 1.82) is 0 Å². The summed E-state index contributed by atoms with van der Waals surface area (Å²) in [5, 5.41) is 17.4. The SMILES string of the molecule is Cc1nnc(N2N=C(c3cc(F)ccc3F)SC2(c2ccc(C(C)(C)C)cc2)C(CCN)c2ccc(C(C)(C)C)cc2)s1. The van der Waals surface area contributed by atoms with Crippen LogP contribution in [0.3, 0.4) is 0 Å². The molecule has 43 heavy (non-hydrogen) atoms. The number of aromatic nitrogens is 2. The number of halogens is 2. The Hall–Kier alpha value is -3.14. The van der Waals surface area contributed by atoms with Gasteiger partial charge < -0.3 is 5.73 Å². The molecule has 0 spiro atoms. The van der Waals surface area contributed by atoms with Gasteiger partial charge >= 0.3 is 0 Å². The van der Waals surface area contributed by atoms with Crippen LogP contribution < -0.4 is 10.7 Å². The van der Waals surface area contributed by atoms with E-state index in [1.807, 2.05) is 11.9 Å². The summed E-state index contributed by atoms with van der Waals surface area (Å²) in [5.41, 5.74) is 10.8. The van der Waals surface area contributed by atoms with E-state index >= 15 is 4.39 Å². The second-order valence-electron chi connectivity index (χ2n) is 13.1. The van der Waals surface area contributed by atoms with Crippen molar-refractivity contribution in [2.24, 2.45) is 10.8 Å². The van der Waals surface area contributed by atoms with Crippen LogP contribution in [0.15, 0.2) is 71.8 Å². The second kappa shape index (κ2) is 11.7. The van der Waals surface area contributed by atoms with Crippen LogP contribution in [-0.4, -0.2) is 21.8 Å². The lowest BCUT2D eigenvalue weighted by atomic mass is 9.80. The zero-order valence-electron chi connectivity index (χ0n) is 25.8. The van der Waals surface area contributed by atoms with Crippen LogP contribution in [-0.2, 0) is 15.7 Å². The number of nitrogens with zero attached hydrogens (tertiary/aromatic N) is 4. The van der Waals surface area contributed by atoms with E-state index in [2.05, 4.69) is 100 Å². The third-order valence-electron chi connectivity index (χ3n) is 7.88. The Bertz CT molecular complexity index is 1620. The molecule has 226 valence electrons. The summed E-state index contributed by atoms with van der Waals surface area (Å²) < 4.78 is 29.8. The summed E-state index contributed by atoms with van der Waals surface area (Å²) in [5.74, 6) is -1.26. The molecule has 5 nitrogen and oxygen atoms in total. The van der Waals surface area contributed by atoms with Gasteiger partial charge in [0.1, 0.15) is 26.6 Å². The van der Waals surface area contributed by atoms with Crippen molar-refractivity contribution >= 4 is 33.3 Å². The molecule has 1 aliphatic heterocycles. The summed E-state index contributed by atoms with van der Waals surface area (Å²) in [6.45, 7) is 15.4. The van der Waals surface area contributed by atoms with E-state index in [-0.39, 0.29) is 22.3 Å². The van der Waals surface area contributed by atoms with E-state index in [4.69, 9.17) is 10.8 Å². The van der Waals surface area contributed by atoms with Gasteiger partial charge in [0, 0.05) is 11.5 Å². The minimum absolute atomic E-state index is 0.00815. The number of hydrogen-bond acceptors (Lipinski definition) is 7. The normalized spacial score (nSPS) is 18.2. The predicted molar refractivity (Wildman–Crippen MR) is 176 cm³/mol. The lowest BCUT2D eigenvalue weighted by molar-refractivity contribution is 0.450. The minimum atomic E-state index is -0.918.